The highest BCUT2D eigenvalue weighted by molar-refractivity contribution is 5.37. The summed E-state index contributed by atoms with van der Waals surface area (Å²) >= 11 is 0. The van der Waals surface area contributed by atoms with Gasteiger partial charge in [-0.3, -0.25) is 10.00 Å². The normalized spacial score (nSPS) is 19.3. The third kappa shape index (κ3) is 3.28. The lowest BCUT2D eigenvalue weighted by Crippen LogP contribution is -2.38. The van der Waals surface area contributed by atoms with Gasteiger partial charge in [-0.25, -0.2) is 4.98 Å². The van der Waals surface area contributed by atoms with Crippen LogP contribution in [-0.2, 0) is 11.3 Å². The van der Waals surface area contributed by atoms with E-state index in [0.29, 0.717) is 0 Å². The second-order valence-electron chi connectivity index (χ2n) is 5.93. The van der Waals surface area contributed by atoms with Gasteiger partial charge in [0.15, 0.2) is 0 Å². The molecule has 3 heterocycles. The van der Waals surface area contributed by atoms with Crippen molar-refractivity contribution in [2.45, 2.75) is 19.6 Å². The van der Waals surface area contributed by atoms with Crippen molar-refractivity contribution in [3.05, 3.63) is 41.3 Å². The Bertz CT molecular complexity index is 625. The molecule has 6 nitrogen and oxygen atoms in total. The molecule has 22 heavy (non-hydrogen) atoms. The van der Waals surface area contributed by atoms with Crippen molar-refractivity contribution in [2.75, 3.05) is 38.7 Å². The molecule has 6 heteroatoms. The van der Waals surface area contributed by atoms with Crippen LogP contribution in [0.25, 0.3) is 0 Å². The number of pyridine rings is 1. The van der Waals surface area contributed by atoms with E-state index in [1.807, 2.05) is 43.4 Å². The number of nitrogens with zero attached hydrogens (tertiary/aromatic N) is 4. The Hall–Kier alpha value is -1.92. The van der Waals surface area contributed by atoms with E-state index in [-0.39, 0.29) is 6.10 Å². The minimum absolute atomic E-state index is 0.0286. The minimum atomic E-state index is 0.0286. The number of H-pyrrole nitrogens is 1. The van der Waals surface area contributed by atoms with E-state index in [2.05, 4.69) is 22.0 Å². The number of aromatic amines is 1. The largest absolute Gasteiger partial charge is 0.369 e. The van der Waals surface area contributed by atoms with E-state index >= 15 is 0 Å². The van der Waals surface area contributed by atoms with E-state index in [9.17, 15) is 0 Å². The third-order valence-corrected chi connectivity index (χ3v) is 4.02. The molecular formula is C16H23N5O. The van der Waals surface area contributed by atoms with Crippen LogP contribution in [-0.4, -0.2) is 53.9 Å². The molecule has 0 radical (unpaired) electrons. The van der Waals surface area contributed by atoms with Crippen LogP contribution in [0.2, 0.25) is 0 Å². The summed E-state index contributed by atoms with van der Waals surface area (Å²) in [4.78, 5) is 9.11. The van der Waals surface area contributed by atoms with Crippen LogP contribution in [0.4, 0.5) is 5.82 Å². The fraction of sp³-hybridized carbons (Fsp3) is 0.500. The number of nitrogens with one attached hydrogen (secondary N) is 1. The Kier molecular flexibility index (Phi) is 4.40. The Labute approximate surface area is 131 Å². The summed E-state index contributed by atoms with van der Waals surface area (Å²) in [6.07, 6.45) is 1.94. The predicted octanol–water partition coefficient (Wildman–Crippen LogP) is 1.75. The molecule has 0 unspecified atom stereocenters. The maximum Gasteiger partial charge on any atom is 0.128 e. The zero-order valence-electron chi connectivity index (χ0n) is 13.4. The number of rotatable bonds is 4. The number of hydrogen-bond donors (Lipinski definition) is 1. The van der Waals surface area contributed by atoms with Crippen LogP contribution in [0.5, 0.6) is 0 Å². The van der Waals surface area contributed by atoms with Gasteiger partial charge in [-0.1, -0.05) is 6.07 Å². The smallest absolute Gasteiger partial charge is 0.128 e. The van der Waals surface area contributed by atoms with Crippen molar-refractivity contribution < 1.29 is 4.74 Å². The number of aryl methyl sites for hydroxylation is 1. The summed E-state index contributed by atoms with van der Waals surface area (Å²) in [5, 5.41) is 7.09. The Balaban J connectivity index is 1.70. The first kappa shape index (κ1) is 15.0. The van der Waals surface area contributed by atoms with Gasteiger partial charge in [0.25, 0.3) is 0 Å². The topological polar surface area (TPSA) is 57.3 Å². The molecule has 1 aliphatic rings. The van der Waals surface area contributed by atoms with E-state index in [0.717, 1.165) is 43.4 Å². The lowest BCUT2D eigenvalue weighted by Gasteiger charge is -2.32. The van der Waals surface area contributed by atoms with Crippen molar-refractivity contribution in [2.24, 2.45) is 0 Å². The lowest BCUT2D eigenvalue weighted by molar-refractivity contribution is -0.0349. The van der Waals surface area contributed by atoms with Crippen LogP contribution < -0.4 is 4.90 Å². The molecule has 2 aromatic heterocycles. The average Bonchev–Trinajstić information content (AvgIpc) is 2.93. The van der Waals surface area contributed by atoms with Gasteiger partial charge in [-0.15, -0.1) is 0 Å². The first-order valence-corrected chi connectivity index (χ1v) is 7.60. The van der Waals surface area contributed by atoms with Crippen molar-refractivity contribution in [1.29, 1.82) is 0 Å². The van der Waals surface area contributed by atoms with E-state index in [1.54, 1.807) is 0 Å². The van der Waals surface area contributed by atoms with Crippen LogP contribution in [0.1, 0.15) is 23.1 Å². The fourth-order valence-electron chi connectivity index (χ4n) is 2.67. The summed E-state index contributed by atoms with van der Waals surface area (Å²) in [7, 11) is 4.00. The van der Waals surface area contributed by atoms with Crippen molar-refractivity contribution in [1.82, 2.24) is 20.1 Å². The summed E-state index contributed by atoms with van der Waals surface area (Å²) in [5.41, 5.74) is 3.38. The van der Waals surface area contributed by atoms with Gasteiger partial charge in [-0.2, -0.15) is 5.10 Å². The van der Waals surface area contributed by atoms with E-state index in [4.69, 9.17) is 9.72 Å². The number of hydrogen-bond acceptors (Lipinski definition) is 5. The molecule has 1 fully saturated rings. The van der Waals surface area contributed by atoms with Gasteiger partial charge in [0.1, 0.15) is 11.9 Å². The number of ether oxygens (including phenoxy) is 1. The van der Waals surface area contributed by atoms with E-state index in [1.165, 1.54) is 5.56 Å². The molecule has 1 aliphatic heterocycles. The van der Waals surface area contributed by atoms with Crippen molar-refractivity contribution >= 4 is 5.82 Å². The van der Waals surface area contributed by atoms with Crippen molar-refractivity contribution in [3.63, 3.8) is 0 Å². The molecule has 1 N–H and O–H groups in total. The van der Waals surface area contributed by atoms with Crippen LogP contribution in [0.3, 0.4) is 0 Å². The molecule has 0 aliphatic carbocycles. The Morgan fingerprint density at radius 3 is 3.00 bits per heavy atom. The monoisotopic (exact) mass is 301 g/mol. The summed E-state index contributed by atoms with van der Waals surface area (Å²) in [6, 6.07) is 6.10. The molecule has 0 amide bonds. The minimum Gasteiger partial charge on any atom is -0.369 e. The molecule has 1 saturated heterocycles. The van der Waals surface area contributed by atoms with Crippen molar-refractivity contribution in [3.8, 4) is 0 Å². The van der Waals surface area contributed by atoms with Crippen LogP contribution in [0, 0.1) is 6.92 Å². The summed E-state index contributed by atoms with van der Waals surface area (Å²) < 4.78 is 5.93. The highest BCUT2D eigenvalue weighted by atomic mass is 16.5. The third-order valence-electron chi connectivity index (χ3n) is 4.02. The second-order valence-corrected chi connectivity index (χ2v) is 5.93. The first-order chi connectivity index (χ1) is 10.6. The number of morpholine rings is 1. The molecule has 0 spiro atoms. The molecule has 0 bridgehead atoms. The fourth-order valence-corrected chi connectivity index (χ4v) is 2.67. The summed E-state index contributed by atoms with van der Waals surface area (Å²) in [5.74, 6) is 0.962. The SMILES string of the molecule is Cc1[nH]ncc1CN1CCO[C@@H](c2cccc(N(C)C)n2)C1. The molecule has 118 valence electrons. The molecular weight excluding hydrogens is 278 g/mol. The number of anilines is 1. The van der Waals surface area contributed by atoms with Crippen LogP contribution in [0.15, 0.2) is 24.4 Å². The lowest BCUT2D eigenvalue weighted by atomic mass is 10.1. The van der Waals surface area contributed by atoms with Gasteiger partial charge in [0, 0.05) is 45.0 Å². The zero-order valence-corrected chi connectivity index (χ0v) is 13.4. The molecule has 2 aromatic rings. The summed E-state index contributed by atoms with van der Waals surface area (Å²) in [6.45, 7) is 5.48. The zero-order chi connectivity index (χ0) is 15.5. The number of aromatic nitrogens is 3. The highest BCUT2D eigenvalue weighted by Crippen LogP contribution is 2.23. The maximum absolute atomic E-state index is 5.93. The molecule has 0 saturated carbocycles. The predicted molar refractivity (Wildman–Crippen MR) is 85.9 cm³/mol. The van der Waals surface area contributed by atoms with Gasteiger partial charge >= 0.3 is 0 Å². The van der Waals surface area contributed by atoms with E-state index < -0.39 is 0 Å². The first-order valence-electron chi connectivity index (χ1n) is 7.60. The Morgan fingerprint density at radius 2 is 2.27 bits per heavy atom. The molecule has 0 aromatic carbocycles. The Morgan fingerprint density at radius 1 is 1.41 bits per heavy atom. The maximum atomic E-state index is 5.93. The quantitative estimate of drug-likeness (QED) is 0.932. The van der Waals surface area contributed by atoms with Gasteiger partial charge in [0.05, 0.1) is 18.5 Å². The standard InChI is InChI=1S/C16H23N5O/c1-12-13(9-17-19-12)10-21-7-8-22-15(11-21)14-5-4-6-16(18-14)20(2)3/h4-6,9,15H,7-8,10-11H2,1-3H3,(H,17,19)/t15-/m1/s1. The average molecular weight is 301 g/mol. The van der Waals surface area contributed by atoms with Gasteiger partial charge in [-0.05, 0) is 19.1 Å². The highest BCUT2D eigenvalue weighted by Gasteiger charge is 2.24. The molecule has 1 atom stereocenters. The van der Waals surface area contributed by atoms with Gasteiger partial charge in [0.2, 0.25) is 0 Å². The molecule has 3 rings (SSSR count). The second kappa shape index (κ2) is 6.46. The van der Waals surface area contributed by atoms with Crippen LogP contribution >= 0.6 is 0 Å². The van der Waals surface area contributed by atoms with Gasteiger partial charge < -0.3 is 9.64 Å².